The fraction of sp³-hybridized carbons (Fsp3) is 0.571. The van der Waals surface area contributed by atoms with Gasteiger partial charge in [0.2, 0.25) is 0 Å². The first-order chi connectivity index (χ1) is 9.18. The molecule has 0 saturated carbocycles. The number of benzene rings is 1. The Morgan fingerprint density at radius 3 is 2.53 bits per heavy atom. The summed E-state index contributed by atoms with van der Waals surface area (Å²) >= 11 is 1.98. The molecule has 1 fully saturated rings. The Labute approximate surface area is 117 Å². The topological polar surface area (TPSA) is 15.3 Å². The van der Waals surface area contributed by atoms with Gasteiger partial charge >= 0.3 is 0 Å². The molecule has 0 aromatic heterocycles. The van der Waals surface area contributed by atoms with Gasteiger partial charge in [-0.3, -0.25) is 0 Å². The van der Waals surface area contributed by atoms with E-state index in [4.69, 9.17) is 0 Å². The molecule has 0 bridgehead atoms. The maximum atomic E-state index is 13.6. The molecule has 5 heteroatoms. The summed E-state index contributed by atoms with van der Waals surface area (Å²) in [5.41, 5.74) is 0.136. The first-order valence-corrected chi connectivity index (χ1v) is 7.81. The van der Waals surface area contributed by atoms with Crippen LogP contribution in [0.3, 0.4) is 0 Å². The van der Waals surface area contributed by atoms with E-state index in [0.29, 0.717) is 0 Å². The van der Waals surface area contributed by atoms with Crippen LogP contribution in [0.15, 0.2) is 18.2 Å². The fourth-order valence-electron chi connectivity index (χ4n) is 2.29. The van der Waals surface area contributed by atoms with E-state index in [-0.39, 0.29) is 11.6 Å². The zero-order valence-electron chi connectivity index (χ0n) is 11.2. The molecular weight excluding hydrogens is 266 g/mol. The largest absolute Gasteiger partial charge is 0.309 e. The Morgan fingerprint density at radius 1 is 1.26 bits per heavy atom. The molecule has 2 nitrogen and oxygen atoms in total. The van der Waals surface area contributed by atoms with Crippen molar-refractivity contribution in [3.05, 3.63) is 35.4 Å². The normalized spacial score (nSPS) is 18.5. The first kappa shape index (κ1) is 14.8. The van der Waals surface area contributed by atoms with Crippen molar-refractivity contribution in [3.63, 3.8) is 0 Å². The van der Waals surface area contributed by atoms with E-state index in [1.165, 1.54) is 29.7 Å². The zero-order valence-corrected chi connectivity index (χ0v) is 12.0. The van der Waals surface area contributed by atoms with Gasteiger partial charge in [0, 0.05) is 49.3 Å². The zero-order chi connectivity index (χ0) is 13.7. The van der Waals surface area contributed by atoms with Crippen LogP contribution in [-0.4, -0.2) is 42.6 Å². The lowest BCUT2D eigenvalue weighted by Crippen LogP contribution is -2.38. The third-order valence-electron chi connectivity index (χ3n) is 3.41. The molecule has 106 valence electrons. The van der Waals surface area contributed by atoms with Gasteiger partial charge < -0.3 is 10.2 Å². The molecule has 1 saturated heterocycles. The molecular formula is C14H20F2N2S. The second kappa shape index (κ2) is 7.22. The third kappa shape index (κ3) is 4.16. The van der Waals surface area contributed by atoms with E-state index in [1.54, 1.807) is 6.92 Å². The fourth-order valence-corrected chi connectivity index (χ4v) is 3.27. The van der Waals surface area contributed by atoms with Crippen LogP contribution in [0.4, 0.5) is 8.78 Å². The van der Waals surface area contributed by atoms with Crippen molar-refractivity contribution in [3.8, 4) is 0 Å². The van der Waals surface area contributed by atoms with Crippen LogP contribution in [0.5, 0.6) is 0 Å². The molecule has 19 heavy (non-hydrogen) atoms. The quantitative estimate of drug-likeness (QED) is 0.896. The lowest BCUT2D eigenvalue weighted by Gasteiger charge is -2.27. The van der Waals surface area contributed by atoms with Crippen molar-refractivity contribution in [2.75, 3.05) is 37.7 Å². The summed E-state index contributed by atoms with van der Waals surface area (Å²) in [5.74, 6) is 1.40. The third-order valence-corrected chi connectivity index (χ3v) is 4.36. The van der Waals surface area contributed by atoms with Crippen LogP contribution < -0.4 is 5.32 Å². The van der Waals surface area contributed by atoms with E-state index in [9.17, 15) is 8.78 Å². The minimum absolute atomic E-state index is 0.136. The van der Waals surface area contributed by atoms with Gasteiger partial charge in [-0.2, -0.15) is 11.8 Å². The molecule has 1 N–H and O–H groups in total. The van der Waals surface area contributed by atoms with Crippen molar-refractivity contribution in [2.24, 2.45) is 0 Å². The SMILES string of the molecule is CC(NCCN1CCSCC1)c1c(F)cccc1F. The van der Waals surface area contributed by atoms with E-state index in [1.807, 2.05) is 11.8 Å². The standard InChI is InChI=1S/C14H20F2N2S/c1-11(14-12(15)3-2-4-13(14)16)17-5-6-18-7-9-19-10-8-18/h2-4,11,17H,5-10H2,1H3. The highest BCUT2D eigenvalue weighted by Crippen LogP contribution is 2.20. The van der Waals surface area contributed by atoms with Gasteiger partial charge in [-0.1, -0.05) is 6.07 Å². The van der Waals surface area contributed by atoms with Gasteiger partial charge in [0.05, 0.1) is 0 Å². The predicted octanol–water partition coefficient (Wildman–Crippen LogP) is 2.66. The molecule has 1 aromatic rings. The Morgan fingerprint density at radius 2 is 1.89 bits per heavy atom. The summed E-state index contributed by atoms with van der Waals surface area (Å²) in [5, 5.41) is 3.20. The minimum Gasteiger partial charge on any atom is -0.309 e. The lowest BCUT2D eigenvalue weighted by atomic mass is 10.1. The molecule has 0 spiro atoms. The Balaban J connectivity index is 1.82. The van der Waals surface area contributed by atoms with E-state index in [2.05, 4.69) is 10.2 Å². The van der Waals surface area contributed by atoms with Gasteiger partial charge in [-0.15, -0.1) is 0 Å². The lowest BCUT2D eigenvalue weighted by molar-refractivity contribution is 0.295. The predicted molar refractivity (Wildman–Crippen MR) is 76.5 cm³/mol. The Kier molecular flexibility index (Phi) is 5.60. The number of hydrogen-bond acceptors (Lipinski definition) is 3. The molecule has 0 aliphatic carbocycles. The van der Waals surface area contributed by atoms with Crippen LogP contribution in [0, 0.1) is 11.6 Å². The average Bonchev–Trinajstić information content (AvgIpc) is 2.40. The highest BCUT2D eigenvalue weighted by Gasteiger charge is 2.16. The van der Waals surface area contributed by atoms with E-state index >= 15 is 0 Å². The summed E-state index contributed by atoms with van der Waals surface area (Å²) in [7, 11) is 0. The van der Waals surface area contributed by atoms with Crippen LogP contribution in [0.2, 0.25) is 0 Å². The summed E-state index contributed by atoms with van der Waals surface area (Å²) in [6.45, 7) is 5.69. The second-order valence-corrected chi connectivity index (χ2v) is 5.99. The van der Waals surface area contributed by atoms with E-state index < -0.39 is 11.6 Å². The Bertz CT molecular complexity index is 388. The van der Waals surface area contributed by atoms with Gasteiger partial charge in [0.1, 0.15) is 11.6 Å². The molecule has 0 radical (unpaired) electrons. The van der Waals surface area contributed by atoms with Crippen molar-refractivity contribution in [1.29, 1.82) is 0 Å². The molecule has 0 amide bonds. The summed E-state index contributed by atoms with van der Waals surface area (Å²) in [6.07, 6.45) is 0. The maximum Gasteiger partial charge on any atom is 0.130 e. The smallest absolute Gasteiger partial charge is 0.130 e. The van der Waals surface area contributed by atoms with Crippen LogP contribution >= 0.6 is 11.8 Å². The van der Waals surface area contributed by atoms with Crippen LogP contribution in [0.25, 0.3) is 0 Å². The molecule has 1 aliphatic heterocycles. The first-order valence-electron chi connectivity index (χ1n) is 6.66. The monoisotopic (exact) mass is 286 g/mol. The minimum atomic E-state index is -0.477. The maximum absolute atomic E-state index is 13.6. The van der Waals surface area contributed by atoms with E-state index in [0.717, 1.165) is 26.2 Å². The van der Waals surface area contributed by atoms with Gasteiger partial charge in [0.15, 0.2) is 0 Å². The molecule has 1 unspecified atom stereocenters. The van der Waals surface area contributed by atoms with Gasteiger partial charge in [0.25, 0.3) is 0 Å². The summed E-state index contributed by atoms with van der Waals surface area (Å²) in [6, 6.07) is 3.70. The average molecular weight is 286 g/mol. The molecule has 2 rings (SSSR count). The van der Waals surface area contributed by atoms with Crippen molar-refractivity contribution < 1.29 is 8.78 Å². The molecule has 1 atom stereocenters. The molecule has 1 aromatic carbocycles. The Hall–Kier alpha value is -0.650. The summed E-state index contributed by atoms with van der Waals surface area (Å²) in [4.78, 5) is 2.38. The number of rotatable bonds is 5. The second-order valence-electron chi connectivity index (χ2n) is 4.77. The van der Waals surface area contributed by atoms with Crippen LogP contribution in [-0.2, 0) is 0 Å². The highest BCUT2D eigenvalue weighted by molar-refractivity contribution is 7.99. The van der Waals surface area contributed by atoms with Gasteiger partial charge in [-0.25, -0.2) is 8.78 Å². The number of nitrogens with zero attached hydrogens (tertiary/aromatic N) is 1. The van der Waals surface area contributed by atoms with Crippen molar-refractivity contribution in [1.82, 2.24) is 10.2 Å². The van der Waals surface area contributed by atoms with Crippen molar-refractivity contribution >= 4 is 11.8 Å². The molecule has 1 aliphatic rings. The van der Waals surface area contributed by atoms with Gasteiger partial charge in [-0.05, 0) is 19.1 Å². The number of nitrogens with one attached hydrogen (secondary N) is 1. The number of halogens is 2. The highest BCUT2D eigenvalue weighted by atomic mass is 32.2. The van der Waals surface area contributed by atoms with Crippen molar-refractivity contribution in [2.45, 2.75) is 13.0 Å². The number of hydrogen-bond donors (Lipinski definition) is 1. The summed E-state index contributed by atoms with van der Waals surface area (Å²) < 4.78 is 27.2. The van der Waals surface area contributed by atoms with Crippen LogP contribution in [0.1, 0.15) is 18.5 Å². The molecule has 1 heterocycles. The number of thioether (sulfide) groups is 1.